The van der Waals surface area contributed by atoms with Gasteiger partial charge in [-0.2, -0.15) is 0 Å². The zero-order valence-electron chi connectivity index (χ0n) is 69.8. The van der Waals surface area contributed by atoms with Gasteiger partial charge in [-0.1, -0.05) is 332 Å². The first-order valence-corrected chi connectivity index (χ1v) is 46.0. The number of phosphoric acid groups is 2. The van der Waals surface area contributed by atoms with Crippen LogP contribution < -0.4 is 0 Å². The van der Waals surface area contributed by atoms with Crippen molar-refractivity contribution in [1.82, 2.24) is 0 Å². The average molecular weight is 1600 g/mol. The van der Waals surface area contributed by atoms with Crippen molar-refractivity contribution in [2.75, 3.05) is 39.6 Å². The number of ether oxygens (including phenoxy) is 4. The van der Waals surface area contributed by atoms with Gasteiger partial charge in [0.05, 0.1) is 26.4 Å². The van der Waals surface area contributed by atoms with Crippen LogP contribution >= 0.6 is 15.6 Å². The number of esters is 4. The van der Waals surface area contributed by atoms with Crippen molar-refractivity contribution in [3.8, 4) is 0 Å². The van der Waals surface area contributed by atoms with Gasteiger partial charge in [-0.3, -0.25) is 37.3 Å². The van der Waals surface area contributed by atoms with Gasteiger partial charge in [0.2, 0.25) is 0 Å². The van der Waals surface area contributed by atoms with E-state index in [2.05, 4.69) is 174 Å². The van der Waals surface area contributed by atoms with Crippen molar-refractivity contribution in [3.05, 3.63) is 182 Å². The molecule has 112 heavy (non-hydrogen) atoms. The molecule has 0 amide bonds. The van der Waals surface area contributed by atoms with Crippen molar-refractivity contribution in [2.24, 2.45) is 0 Å². The summed E-state index contributed by atoms with van der Waals surface area (Å²) in [6, 6.07) is 0. The lowest BCUT2D eigenvalue weighted by Gasteiger charge is -2.21. The SMILES string of the molecule is CC/C=C\C/C=C\C/C=C\C/C=C\C/C=C\CCCCCC(=O)O[C@H](COC(=O)CCCCCCCCCCCCCCCCC)COP(=O)(O)OC[C@H](O)COP(=O)(O)OC[C@@H](COC(=O)CC/C=C\C/C=C\C/C=C\C/C=C\C/C=C\CCCCC)OC(=O)CC/C=C\C/C=C\C/C=C\C/C=C\C/C=C\CCCCC. The quantitative estimate of drug-likeness (QED) is 0.0169. The van der Waals surface area contributed by atoms with Gasteiger partial charge in [-0.15, -0.1) is 0 Å². The van der Waals surface area contributed by atoms with E-state index in [1.54, 1.807) is 0 Å². The minimum Gasteiger partial charge on any atom is -0.462 e. The van der Waals surface area contributed by atoms with E-state index in [9.17, 15) is 43.2 Å². The lowest BCUT2D eigenvalue weighted by molar-refractivity contribution is -0.161. The lowest BCUT2D eigenvalue weighted by Crippen LogP contribution is -2.30. The van der Waals surface area contributed by atoms with Crippen LogP contribution in [0.5, 0.6) is 0 Å². The topological polar surface area (TPSA) is 237 Å². The number of carbonyl (C=O) groups is 4. The molecule has 0 aliphatic rings. The summed E-state index contributed by atoms with van der Waals surface area (Å²) in [5.74, 6) is -2.41. The van der Waals surface area contributed by atoms with Crippen LogP contribution in [0, 0.1) is 0 Å². The second-order valence-corrected chi connectivity index (χ2v) is 30.9. The highest BCUT2D eigenvalue weighted by Crippen LogP contribution is 2.45. The molecule has 3 N–H and O–H groups in total. The zero-order chi connectivity index (χ0) is 81.7. The summed E-state index contributed by atoms with van der Waals surface area (Å²) in [5.41, 5.74) is 0. The van der Waals surface area contributed by atoms with Crippen LogP contribution in [0.1, 0.15) is 323 Å². The van der Waals surface area contributed by atoms with Gasteiger partial charge in [0.1, 0.15) is 19.3 Å². The summed E-state index contributed by atoms with van der Waals surface area (Å²) >= 11 is 0. The molecule has 0 aliphatic heterocycles. The maximum atomic E-state index is 13.1. The van der Waals surface area contributed by atoms with E-state index >= 15 is 0 Å². The Morgan fingerprint density at radius 3 is 0.804 bits per heavy atom. The molecule has 0 heterocycles. The summed E-state index contributed by atoms with van der Waals surface area (Å²) in [6.45, 7) is 4.51. The molecule has 0 saturated heterocycles. The summed E-state index contributed by atoms with van der Waals surface area (Å²) in [6.07, 6.45) is 102. The Morgan fingerprint density at radius 1 is 0.259 bits per heavy atom. The van der Waals surface area contributed by atoms with Gasteiger partial charge in [0.15, 0.2) is 12.2 Å². The Labute approximate surface area is 679 Å². The standard InChI is InChI=1S/C93H152O17P2/c1-5-9-13-17-21-25-29-33-37-40-43-46-50-54-58-62-66-70-74-78-91(96)104-84-89(110-93(98)80-76-72-68-64-60-56-52-48-45-42-39-35-31-27-23-19-15-11-7-3)86-108-112(101,102)106-82-87(94)81-105-111(99,100)107-85-88(83-103-90(95)77-73-69-65-61-57-53-49-36-32-28-24-20-16-12-8-4)109-92(97)79-75-71-67-63-59-55-51-47-44-41-38-34-30-26-22-18-14-10-6-2/h10,14,21-23,25-27,33-35,37-39,43-48,54-56,58-60,66,68,70,72,87-89,94H,5-9,11-13,15-20,24,28-32,36,40-42,49-53,57,61-65,67,69,71,73-86H2,1-4H3,(H,99,100)(H,101,102)/b14-10-,25-21-,26-22-,27-23-,37-33-,38-34-,39-35-,46-43-,47-44-,48-45-,58-54-,59-55-,60-56-,70-66-,72-68-/t87-,88+,89+/m0/s1. The molecule has 2 unspecified atom stereocenters. The first-order valence-electron chi connectivity index (χ1n) is 43.0. The predicted molar refractivity (Wildman–Crippen MR) is 463 cm³/mol. The molecule has 0 rings (SSSR count). The molecular formula is C93H152O17P2. The first-order chi connectivity index (χ1) is 54.7. The Morgan fingerprint density at radius 2 is 0.482 bits per heavy atom. The molecule has 17 nitrogen and oxygen atoms in total. The third kappa shape index (κ3) is 82.2. The van der Waals surface area contributed by atoms with E-state index in [0.29, 0.717) is 38.5 Å². The van der Waals surface area contributed by atoms with Crippen LogP contribution in [0.3, 0.4) is 0 Å². The molecule has 0 aromatic heterocycles. The van der Waals surface area contributed by atoms with E-state index in [0.717, 1.165) is 128 Å². The normalized spacial score (nSPS) is 14.7. The Hall–Kier alpha value is -5.84. The van der Waals surface area contributed by atoms with Crippen LogP contribution in [0.2, 0.25) is 0 Å². The van der Waals surface area contributed by atoms with Crippen LogP contribution in [0.15, 0.2) is 182 Å². The zero-order valence-corrected chi connectivity index (χ0v) is 71.6. The highest BCUT2D eigenvalue weighted by atomic mass is 31.2. The van der Waals surface area contributed by atoms with Crippen molar-refractivity contribution in [3.63, 3.8) is 0 Å². The highest BCUT2D eigenvalue weighted by molar-refractivity contribution is 7.47. The number of unbranched alkanes of at least 4 members (excludes halogenated alkanes) is 23. The maximum Gasteiger partial charge on any atom is 0.472 e. The van der Waals surface area contributed by atoms with Crippen molar-refractivity contribution >= 4 is 39.5 Å². The molecule has 0 aromatic carbocycles. The molecule has 0 spiro atoms. The number of phosphoric ester groups is 2. The fourth-order valence-corrected chi connectivity index (χ4v) is 12.4. The minimum atomic E-state index is -5.03. The van der Waals surface area contributed by atoms with Crippen LogP contribution in [-0.4, -0.2) is 96.7 Å². The van der Waals surface area contributed by atoms with E-state index in [4.69, 9.17) is 37.0 Å². The number of allylic oxidation sites excluding steroid dienone is 30. The summed E-state index contributed by atoms with van der Waals surface area (Å²) < 4.78 is 68.6. The summed E-state index contributed by atoms with van der Waals surface area (Å²) in [7, 11) is -10.0. The molecule has 636 valence electrons. The smallest absolute Gasteiger partial charge is 0.462 e. The number of hydrogen-bond donors (Lipinski definition) is 3. The van der Waals surface area contributed by atoms with Gasteiger partial charge in [-0.25, -0.2) is 9.13 Å². The largest absolute Gasteiger partial charge is 0.472 e. The van der Waals surface area contributed by atoms with Crippen LogP contribution in [-0.2, 0) is 65.4 Å². The monoisotopic (exact) mass is 1600 g/mol. The van der Waals surface area contributed by atoms with Crippen molar-refractivity contribution in [1.29, 1.82) is 0 Å². The number of hydrogen-bond acceptors (Lipinski definition) is 15. The highest BCUT2D eigenvalue weighted by Gasteiger charge is 2.30. The van der Waals surface area contributed by atoms with Crippen molar-refractivity contribution in [2.45, 2.75) is 341 Å². The molecule has 0 saturated carbocycles. The third-order valence-electron chi connectivity index (χ3n) is 17.4. The van der Waals surface area contributed by atoms with E-state index in [1.807, 2.05) is 36.5 Å². The molecule has 19 heteroatoms. The number of rotatable bonds is 79. The van der Waals surface area contributed by atoms with Gasteiger partial charge >= 0.3 is 39.5 Å². The number of aliphatic hydroxyl groups is 1. The average Bonchev–Trinajstić information content (AvgIpc) is 0.897. The Kier molecular flexibility index (Phi) is 78.8. The third-order valence-corrected chi connectivity index (χ3v) is 19.3. The molecule has 0 aromatic rings. The first kappa shape index (κ1) is 106. The van der Waals surface area contributed by atoms with Gasteiger partial charge < -0.3 is 33.8 Å². The second-order valence-electron chi connectivity index (χ2n) is 28.0. The maximum absolute atomic E-state index is 13.1. The fourth-order valence-electron chi connectivity index (χ4n) is 10.9. The van der Waals surface area contributed by atoms with E-state index in [-0.39, 0.29) is 25.7 Å². The predicted octanol–water partition coefficient (Wildman–Crippen LogP) is 25.9. The Balaban J connectivity index is 5.56. The summed E-state index contributed by atoms with van der Waals surface area (Å²) in [5, 5.41) is 10.7. The number of aliphatic hydroxyl groups excluding tert-OH is 1. The van der Waals surface area contributed by atoms with Gasteiger partial charge in [0.25, 0.3) is 0 Å². The van der Waals surface area contributed by atoms with E-state index < -0.39 is 97.5 Å². The van der Waals surface area contributed by atoms with Crippen LogP contribution in [0.25, 0.3) is 0 Å². The molecule has 0 radical (unpaired) electrons. The van der Waals surface area contributed by atoms with E-state index in [1.165, 1.54) is 103 Å². The number of carbonyl (C=O) groups excluding carboxylic acids is 4. The lowest BCUT2D eigenvalue weighted by atomic mass is 10.0. The minimum absolute atomic E-state index is 0.0155. The Bertz CT molecular complexity index is 2840. The molecule has 0 aliphatic carbocycles. The second kappa shape index (κ2) is 83.1. The molecular weight excluding hydrogens is 1450 g/mol. The molecule has 0 fully saturated rings. The van der Waals surface area contributed by atoms with Gasteiger partial charge in [0, 0.05) is 25.7 Å². The van der Waals surface area contributed by atoms with Gasteiger partial charge in [-0.05, 0) is 148 Å². The molecule has 5 atom stereocenters. The molecule has 0 bridgehead atoms. The van der Waals surface area contributed by atoms with Crippen molar-refractivity contribution < 1.29 is 80.2 Å². The summed E-state index contributed by atoms with van der Waals surface area (Å²) in [4.78, 5) is 73.2. The van der Waals surface area contributed by atoms with Crippen LogP contribution in [0.4, 0.5) is 0 Å². The fraction of sp³-hybridized carbons (Fsp3) is 0.634.